The number of carbonyl (C=O) groups excluding carboxylic acids is 1. The summed E-state index contributed by atoms with van der Waals surface area (Å²) < 4.78 is 5.17. The summed E-state index contributed by atoms with van der Waals surface area (Å²) in [6.07, 6.45) is 3.02. The van der Waals surface area contributed by atoms with Crippen LogP contribution in [0.3, 0.4) is 0 Å². The van der Waals surface area contributed by atoms with Gasteiger partial charge in [0.25, 0.3) is 0 Å². The van der Waals surface area contributed by atoms with Crippen LogP contribution in [0.2, 0.25) is 0 Å². The third-order valence-electron chi connectivity index (χ3n) is 3.19. The summed E-state index contributed by atoms with van der Waals surface area (Å²) in [6, 6.07) is 10.3. The Morgan fingerprint density at radius 1 is 1.32 bits per heavy atom. The first kappa shape index (κ1) is 13.8. The van der Waals surface area contributed by atoms with Crippen molar-refractivity contribution < 1.29 is 9.53 Å². The molecule has 19 heavy (non-hydrogen) atoms. The number of rotatable bonds is 5. The van der Waals surface area contributed by atoms with E-state index in [4.69, 9.17) is 10.5 Å². The summed E-state index contributed by atoms with van der Waals surface area (Å²) in [7, 11) is 0. The van der Waals surface area contributed by atoms with Gasteiger partial charge >= 0.3 is 0 Å². The number of carbonyl (C=O) groups is 1. The molecule has 4 nitrogen and oxygen atoms in total. The fourth-order valence-electron chi connectivity index (χ4n) is 2.14. The lowest BCUT2D eigenvalue weighted by atomic mass is 10.00. The van der Waals surface area contributed by atoms with Crippen LogP contribution in [0.1, 0.15) is 12.0 Å². The minimum Gasteiger partial charge on any atom is -0.370 e. The van der Waals surface area contributed by atoms with Crippen molar-refractivity contribution in [1.29, 1.82) is 0 Å². The van der Waals surface area contributed by atoms with Gasteiger partial charge in [0.2, 0.25) is 5.91 Å². The number of ether oxygens (including phenoxy) is 1. The fraction of sp³-hybridized carbons (Fsp3) is 0.400. The van der Waals surface area contributed by atoms with Crippen molar-refractivity contribution in [2.45, 2.75) is 6.42 Å². The highest BCUT2D eigenvalue weighted by Crippen LogP contribution is 2.21. The number of hydrogen-bond donors (Lipinski definition) is 1. The van der Waals surface area contributed by atoms with Crippen molar-refractivity contribution in [3.8, 4) is 0 Å². The van der Waals surface area contributed by atoms with Gasteiger partial charge in [0, 0.05) is 19.6 Å². The van der Waals surface area contributed by atoms with E-state index >= 15 is 0 Å². The van der Waals surface area contributed by atoms with E-state index in [9.17, 15) is 4.79 Å². The molecule has 0 radical (unpaired) electrons. The largest absolute Gasteiger partial charge is 0.370 e. The zero-order chi connectivity index (χ0) is 13.5. The van der Waals surface area contributed by atoms with E-state index in [-0.39, 0.29) is 12.5 Å². The minimum atomic E-state index is 0.0387. The summed E-state index contributed by atoms with van der Waals surface area (Å²) in [5, 5.41) is 0. The van der Waals surface area contributed by atoms with Gasteiger partial charge in [-0.1, -0.05) is 36.4 Å². The van der Waals surface area contributed by atoms with Gasteiger partial charge in [0.05, 0.1) is 6.61 Å². The molecule has 0 spiro atoms. The van der Waals surface area contributed by atoms with Crippen LogP contribution in [0.25, 0.3) is 5.57 Å². The molecule has 1 aliphatic heterocycles. The highest BCUT2D eigenvalue weighted by atomic mass is 16.5. The van der Waals surface area contributed by atoms with Gasteiger partial charge in [-0.2, -0.15) is 0 Å². The number of nitrogens with two attached hydrogens (primary N) is 1. The second-order valence-electron chi connectivity index (χ2n) is 4.53. The number of hydrogen-bond acceptors (Lipinski definition) is 3. The van der Waals surface area contributed by atoms with E-state index in [1.54, 1.807) is 0 Å². The molecule has 2 N–H and O–H groups in total. The molecule has 0 atom stereocenters. The number of benzene rings is 1. The van der Waals surface area contributed by atoms with Crippen molar-refractivity contribution in [2.75, 3.05) is 32.8 Å². The smallest absolute Gasteiger partial charge is 0.248 e. The summed E-state index contributed by atoms with van der Waals surface area (Å²) in [4.78, 5) is 13.7. The molecule has 1 heterocycles. The van der Waals surface area contributed by atoms with Gasteiger partial charge in [0.15, 0.2) is 0 Å². The first-order chi connectivity index (χ1) is 9.31. The van der Waals surface area contributed by atoms with Crippen LogP contribution < -0.4 is 5.73 Å². The van der Waals surface area contributed by atoms with Crippen LogP contribution in [0.5, 0.6) is 0 Å². The summed E-state index contributed by atoms with van der Waals surface area (Å²) in [6.45, 7) is 2.43. The Kier molecular flexibility index (Phi) is 5.12. The Morgan fingerprint density at radius 2 is 2.11 bits per heavy atom. The Bertz CT molecular complexity index is 443. The summed E-state index contributed by atoms with van der Waals surface area (Å²) >= 11 is 0. The molecule has 0 saturated carbocycles. The molecule has 0 bridgehead atoms. The van der Waals surface area contributed by atoms with Crippen molar-refractivity contribution in [1.82, 2.24) is 4.90 Å². The molecule has 1 aliphatic rings. The van der Waals surface area contributed by atoms with Crippen molar-refractivity contribution in [2.24, 2.45) is 5.73 Å². The van der Waals surface area contributed by atoms with Crippen LogP contribution in [-0.4, -0.2) is 43.7 Å². The average molecular weight is 260 g/mol. The average Bonchev–Trinajstić information content (AvgIpc) is 2.48. The van der Waals surface area contributed by atoms with Gasteiger partial charge in [-0.05, 0) is 17.6 Å². The second kappa shape index (κ2) is 7.07. The highest BCUT2D eigenvalue weighted by Gasteiger charge is 2.17. The second-order valence-corrected chi connectivity index (χ2v) is 4.53. The van der Waals surface area contributed by atoms with E-state index in [0.717, 1.165) is 13.0 Å². The molecule has 0 aliphatic carbocycles. The van der Waals surface area contributed by atoms with Crippen LogP contribution in [0, 0.1) is 0 Å². The normalized spacial score (nSPS) is 15.2. The Labute approximate surface area is 113 Å². The van der Waals surface area contributed by atoms with Crippen LogP contribution >= 0.6 is 0 Å². The predicted molar refractivity (Wildman–Crippen MR) is 75.5 cm³/mol. The third kappa shape index (κ3) is 3.91. The molecule has 102 valence electrons. The monoisotopic (exact) mass is 260 g/mol. The summed E-state index contributed by atoms with van der Waals surface area (Å²) in [5.74, 6) is 0.0387. The van der Waals surface area contributed by atoms with Crippen LogP contribution in [-0.2, 0) is 9.53 Å². The number of amides is 1. The molecule has 1 aromatic rings. The Morgan fingerprint density at radius 3 is 2.74 bits per heavy atom. The van der Waals surface area contributed by atoms with Crippen molar-refractivity contribution in [3.05, 3.63) is 42.0 Å². The van der Waals surface area contributed by atoms with Gasteiger partial charge in [0.1, 0.15) is 6.61 Å². The number of nitrogens with zero attached hydrogens (tertiary/aromatic N) is 1. The third-order valence-corrected chi connectivity index (χ3v) is 3.19. The zero-order valence-electron chi connectivity index (χ0n) is 11.0. The lowest BCUT2D eigenvalue weighted by Gasteiger charge is -2.26. The lowest BCUT2D eigenvalue weighted by molar-refractivity contribution is -0.135. The topological polar surface area (TPSA) is 55.6 Å². The maximum Gasteiger partial charge on any atom is 0.248 e. The van der Waals surface area contributed by atoms with Crippen LogP contribution in [0.4, 0.5) is 0 Å². The molecule has 1 aromatic carbocycles. The Balaban J connectivity index is 1.87. The molecule has 2 rings (SSSR count). The van der Waals surface area contributed by atoms with E-state index in [1.165, 1.54) is 11.1 Å². The van der Waals surface area contributed by atoms with Crippen LogP contribution in [0.15, 0.2) is 36.4 Å². The first-order valence-electron chi connectivity index (χ1n) is 6.61. The minimum absolute atomic E-state index is 0.0387. The summed E-state index contributed by atoms with van der Waals surface area (Å²) in [5.41, 5.74) is 7.87. The zero-order valence-corrected chi connectivity index (χ0v) is 11.0. The molecule has 1 amide bonds. The molecule has 0 fully saturated rings. The molecular weight excluding hydrogens is 240 g/mol. The standard InChI is InChI=1S/C15H20N2O2/c16-8-11-19-12-15(18)17-9-6-14(7-10-17)13-4-2-1-3-5-13/h1-6H,7-12,16H2. The molecule has 4 heteroatoms. The molecule has 0 unspecified atom stereocenters. The van der Waals surface area contributed by atoms with E-state index < -0.39 is 0 Å². The van der Waals surface area contributed by atoms with Crippen molar-refractivity contribution >= 4 is 11.5 Å². The SMILES string of the molecule is NCCOCC(=O)N1CC=C(c2ccccc2)CC1. The van der Waals surface area contributed by atoms with E-state index in [1.807, 2.05) is 23.1 Å². The van der Waals surface area contributed by atoms with Crippen molar-refractivity contribution in [3.63, 3.8) is 0 Å². The molecule has 0 saturated heterocycles. The predicted octanol–water partition coefficient (Wildman–Crippen LogP) is 1.28. The van der Waals surface area contributed by atoms with E-state index in [0.29, 0.717) is 19.7 Å². The maximum absolute atomic E-state index is 11.8. The first-order valence-corrected chi connectivity index (χ1v) is 6.61. The van der Waals surface area contributed by atoms with E-state index in [2.05, 4.69) is 18.2 Å². The Hall–Kier alpha value is -1.65. The highest BCUT2D eigenvalue weighted by molar-refractivity contribution is 5.79. The van der Waals surface area contributed by atoms with Gasteiger partial charge in [-0.3, -0.25) is 4.79 Å². The molecule has 0 aromatic heterocycles. The quantitative estimate of drug-likeness (QED) is 0.811. The van der Waals surface area contributed by atoms with Gasteiger partial charge in [-0.25, -0.2) is 0 Å². The molecular formula is C15H20N2O2. The fourth-order valence-corrected chi connectivity index (χ4v) is 2.14. The van der Waals surface area contributed by atoms with Gasteiger partial charge < -0.3 is 15.4 Å². The van der Waals surface area contributed by atoms with Gasteiger partial charge in [-0.15, -0.1) is 0 Å². The maximum atomic E-state index is 11.8. The lowest BCUT2D eigenvalue weighted by Crippen LogP contribution is -2.37.